The van der Waals surface area contributed by atoms with Crippen molar-refractivity contribution in [3.05, 3.63) is 101 Å². The fraction of sp³-hybridized carbons (Fsp3) is 0.0870. The summed E-state index contributed by atoms with van der Waals surface area (Å²) in [6.07, 6.45) is 3.66. The number of halogens is 1. The summed E-state index contributed by atoms with van der Waals surface area (Å²) < 4.78 is 28.2. The molecule has 0 saturated heterocycles. The number of sulfonamides is 1. The molecule has 1 aromatic heterocycles. The van der Waals surface area contributed by atoms with Gasteiger partial charge >= 0.3 is 0 Å². The van der Waals surface area contributed by atoms with Gasteiger partial charge in [0, 0.05) is 23.8 Å². The average Bonchev–Trinajstić information content (AvgIpc) is 3.26. The molecule has 31 heavy (non-hydrogen) atoms. The third kappa shape index (κ3) is 3.66. The SMILES string of the molecule is O=S(=O)(c1ccccc1)N1N=C(c2cccc(Cl)c2)CC1c1ccc2nccnc2c1. The van der Waals surface area contributed by atoms with Crippen LogP contribution in [0.2, 0.25) is 5.02 Å². The molecule has 0 saturated carbocycles. The molecule has 4 aromatic rings. The first kappa shape index (κ1) is 19.7. The molecule has 2 heterocycles. The number of rotatable bonds is 4. The van der Waals surface area contributed by atoms with Crippen molar-refractivity contribution < 1.29 is 8.42 Å². The lowest BCUT2D eigenvalue weighted by molar-refractivity contribution is 0.371. The van der Waals surface area contributed by atoms with E-state index in [2.05, 4.69) is 15.1 Å². The van der Waals surface area contributed by atoms with Crippen molar-refractivity contribution in [1.29, 1.82) is 0 Å². The lowest BCUT2D eigenvalue weighted by atomic mass is 9.99. The van der Waals surface area contributed by atoms with E-state index in [1.54, 1.807) is 54.9 Å². The first-order valence-electron chi connectivity index (χ1n) is 9.66. The van der Waals surface area contributed by atoms with Crippen LogP contribution in [0.5, 0.6) is 0 Å². The van der Waals surface area contributed by atoms with E-state index < -0.39 is 16.1 Å². The van der Waals surface area contributed by atoms with Gasteiger partial charge in [0.15, 0.2) is 0 Å². The second-order valence-corrected chi connectivity index (χ2v) is 9.40. The van der Waals surface area contributed by atoms with E-state index in [0.29, 0.717) is 22.7 Å². The Labute approximate surface area is 184 Å². The molecule has 0 fully saturated rings. The maximum absolute atomic E-state index is 13.5. The maximum atomic E-state index is 13.5. The van der Waals surface area contributed by atoms with Crippen LogP contribution in [0.4, 0.5) is 0 Å². The van der Waals surface area contributed by atoms with Gasteiger partial charge in [-0.2, -0.15) is 17.9 Å². The van der Waals surface area contributed by atoms with Crippen molar-refractivity contribution >= 4 is 38.4 Å². The van der Waals surface area contributed by atoms with Crippen molar-refractivity contribution in [2.24, 2.45) is 5.10 Å². The second-order valence-electron chi connectivity index (χ2n) is 7.17. The normalized spacial score (nSPS) is 16.5. The molecule has 1 aliphatic rings. The van der Waals surface area contributed by atoms with Gasteiger partial charge in [0.05, 0.1) is 27.7 Å². The van der Waals surface area contributed by atoms with Crippen molar-refractivity contribution in [2.75, 3.05) is 0 Å². The van der Waals surface area contributed by atoms with E-state index in [1.807, 2.05) is 30.3 Å². The Morgan fingerprint density at radius 1 is 0.871 bits per heavy atom. The number of benzene rings is 3. The van der Waals surface area contributed by atoms with Gasteiger partial charge in [0.2, 0.25) is 0 Å². The summed E-state index contributed by atoms with van der Waals surface area (Å²) >= 11 is 6.16. The predicted molar refractivity (Wildman–Crippen MR) is 120 cm³/mol. The zero-order chi connectivity index (χ0) is 21.4. The molecular formula is C23H17ClN4O2S. The number of hydrogen-bond donors (Lipinski definition) is 0. The highest BCUT2D eigenvalue weighted by Crippen LogP contribution is 2.38. The van der Waals surface area contributed by atoms with E-state index >= 15 is 0 Å². The lowest BCUT2D eigenvalue weighted by Crippen LogP contribution is -2.27. The summed E-state index contributed by atoms with van der Waals surface area (Å²) in [7, 11) is -3.86. The fourth-order valence-corrected chi connectivity index (χ4v) is 5.33. The Morgan fingerprint density at radius 3 is 2.42 bits per heavy atom. The van der Waals surface area contributed by atoms with E-state index in [4.69, 9.17) is 11.6 Å². The Hall–Kier alpha value is -3.29. The van der Waals surface area contributed by atoms with Crippen LogP contribution in [-0.4, -0.2) is 28.5 Å². The third-order valence-corrected chi connectivity index (χ3v) is 7.13. The second kappa shape index (κ2) is 7.76. The molecule has 0 aliphatic carbocycles. The van der Waals surface area contributed by atoms with Crippen molar-refractivity contribution in [2.45, 2.75) is 17.4 Å². The van der Waals surface area contributed by atoms with Gasteiger partial charge in [-0.05, 0) is 47.5 Å². The summed E-state index contributed by atoms with van der Waals surface area (Å²) in [6, 6.07) is 20.7. The summed E-state index contributed by atoms with van der Waals surface area (Å²) in [5.74, 6) is 0. The molecule has 6 nitrogen and oxygen atoms in total. The number of hydrazone groups is 1. The highest BCUT2D eigenvalue weighted by molar-refractivity contribution is 7.89. The van der Waals surface area contributed by atoms with Crippen LogP contribution < -0.4 is 0 Å². The minimum absolute atomic E-state index is 0.191. The summed E-state index contributed by atoms with van der Waals surface area (Å²) in [5.41, 5.74) is 3.70. The van der Waals surface area contributed by atoms with Crippen LogP contribution in [0.3, 0.4) is 0 Å². The number of hydrogen-bond acceptors (Lipinski definition) is 5. The molecule has 0 radical (unpaired) electrons. The molecule has 1 unspecified atom stereocenters. The van der Waals surface area contributed by atoms with Gasteiger partial charge in [-0.25, -0.2) is 0 Å². The summed E-state index contributed by atoms with van der Waals surface area (Å²) in [5, 5.41) is 5.12. The molecule has 154 valence electrons. The Balaban J connectivity index is 1.63. The van der Waals surface area contributed by atoms with Crippen LogP contribution in [0.1, 0.15) is 23.6 Å². The molecule has 8 heteroatoms. The van der Waals surface area contributed by atoms with E-state index in [-0.39, 0.29) is 4.90 Å². The zero-order valence-electron chi connectivity index (χ0n) is 16.3. The summed E-state index contributed by atoms with van der Waals surface area (Å²) in [6.45, 7) is 0. The Bertz CT molecular complexity index is 1410. The monoisotopic (exact) mass is 448 g/mol. The minimum Gasteiger partial charge on any atom is -0.253 e. The predicted octanol–water partition coefficient (Wildman–Crippen LogP) is 4.82. The van der Waals surface area contributed by atoms with Gasteiger partial charge in [0.25, 0.3) is 10.0 Å². The van der Waals surface area contributed by atoms with Crippen molar-refractivity contribution in [3.8, 4) is 0 Å². The van der Waals surface area contributed by atoms with Gasteiger partial charge in [-0.1, -0.05) is 48.0 Å². The van der Waals surface area contributed by atoms with E-state index in [9.17, 15) is 8.42 Å². The van der Waals surface area contributed by atoms with Gasteiger partial charge in [-0.3, -0.25) is 9.97 Å². The third-order valence-electron chi connectivity index (χ3n) is 5.20. The standard InChI is InChI=1S/C23H17ClN4O2S/c24-18-6-4-5-16(13-18)21-15-23(17-9-10-20-22(14-17)26-12-11-25-20)28(27-21)31(29,30)19-7-2-1-3-8-19/h1-14,23H,15H2. The van der Waals surface area contributed by atoms with Crippen LogP contribution in [-0.2, 0) is 10.0 Å². The minimum atomic E-state index is -3.86. The van der Waals surface area contributed by atoms with Gasteiger partial charge in [-0.15, -0.1) is 0 Å². The number of fused-ring (bicyclic) bond motifs is 1. The lowest BCUT2D eigenvalue weighted by Gasteiger charge is -2.23. The molecule has 1 atom stereocenters. The highest BCUT2D eigenvalue weighted by Gasteiger charge is 2.37. The van der Waals surface area contributed by atoms with E-state index in [1.165, 1.54) is 4.41 Å². The van der Waals surface area contributed by atoms with Crippen molar-refractivity contribution in [1.82, 2.24) is 14.4 Å². The van der Waals surface area contributed by atoms with Gasteiger partial charge < -0.3 is 0 Å². The average molecular weight is 449 g/mol. The first-order valence-corrected chi connectivity index (χ1v) is 11.5. The molecule has 3 aromatic carbocycles. The highest BCUT2D eigenvalue weighted by atomic mass is 35.5. The topological polar surface area (TPSA) is 75.5 Å². The fourth-order valence-electron chi connectivity index (χ4n) is 3.69. The first-order chi connectivity index (χ1) is 15.0. The quantitative estimate of drug-likeness (QED) is 0.448. The van der Waals surface area contributed by atoms with Crippen LogP contribution in [0.25, 0.3) is 11.0 Å². The molecule has 1 aliphatic heterocycles. The molecule has 0 N–H and O–H groups in total. The Morgan fingerprint density at radius 2 is 1.65 bits per heavy atom. The van der Waals surface area contributed by atoms with Crippen LogP contribution >= 0.6 is 11.6 Å². The number of nitrogens with zero attached hydrogens (tertiary/aromatic N) is 4. The summed E-state index contributed by atoms with van der Waals surface area (Å²) in [4.78, 5) is 8.85. The number of aromatic nitrogens is 2. The maximum Gasteiger partial charge on any atom is 0.279 e. The smallest absolute Gasteiger partial charge is 0.253 e. The van der Waals surface area contributed by atoms with E-state index in [0.717, 1.165) is 16.6 Å². The molecule has 0 bridgehead atoms. The molecular weight excluding hydrogens is 432 g/mol. The molecule has 0 amide bonds. The Kier molecular flexibility index (Phi) is 4.92. The van der Waals surface area contributed by atoms with Crippen LogP contribution in [0, 0.1) is 0 Å². The van der Waals surface area contributed by atoms with Crippen LogP contribution in [0.15, 0.2) is 95.2 Å². The van der Waals surface area contributed by atoms with Gasteiger partial charge in [0.1, 0.15) is 0 Å². The molecule has 0 spiro atoms. The van der Waals surface area contributed by atoms with Crippen molar-refractivity contribution in [3.63, 3.8) is 0 Å². The zero-order valence-corrected chi connectivity index (χ0v) is 17.8. The molecule has 5 rings (SSSR count). The largest absolute Gasteiger partial charge is 0.279 e.